The summed E-state index contributed by atoms with van der Waals surface area (Å²) in [6.07, 6.45) is 2.78. The first-order valence-corrected chi connectivity index (χ1v) is 12.6. The molecule has 5 rings (SSSR count). The van der Waals surface area contributed by atoms with Crippen molar-refractivity contribution in [3.05, 3.63) is 66.4 Å². The van der Waals surface area contributed by atoms with Gasteiger partial charge in [-0.2, -0.15) is 4.31 Å². The zero-order valence-corrected chi connectivity index (χ0v) is 18.8. The fraction of sp³-hybridized carbons (Fsp3) is 0.217. The Morgan fingerprint density at radius 3 is 2.62 bits per heavy atom. The van der Waals surface area contributed by atoms with Gasteiger partial charge in [-0.1, -0.05) is 24.6 Å². The highest BCUT2D eigenvalue weighted by Crippen LogP contribution is 2.31. The number of carbonyl (C=O) groups is 1. The number of rotatable bonds is 5. The number of aromatic nitrogens is 1. The van der Waals surface area contributed by atoms with Crippen LogP contribution in [-0.4, -0.2) is 36.7 Å². The zero-order valence-electron chi connectivity index (χ0n) is 17.2. The van der Waals surface area contributed by atoms with Crippen LogP contribution in [0.2, 0.25) is 0 Å². The topological polar surface area (TPSA) is 92.5 Å². The number of amides is 1. The highest BCUT2D eigenvalue weighted by atomic mass is 32.2. The summed E-state index contributed by atoms with van der Waals surface area (Å²) in [6.45, 7) is 1.06. The first-order valence-electron chi connectivity index (χ1n) is 10.4. The van der Waals surface area contributed by atoms with Crippen LogP contribution < -0.4 is 5.32 Å². The predicted molar refractivity (Wildman–Crippen MR) is 124 cm³/mol. The molecule has 2 aromatic heterocycles. The molecule has 1 saturated heterocycles. The van der Waals surface area contributed by atoms with Gasteiger partial charge >= 0.3 is 0 Å². The zero-order chi connectivity index (χ0) is 22.1. The lowest BCUT2D eigenvalue weighted by Crippen LogP contribution is -2.35. The number of thiazole rings is 1. The van der Waals surface area contributed by atoms with Crippen molar-refractivity contribution in [2.24, 2.45) is 0 Å². The molecule has 3 heterocycles. The summed E-state index contributed by atoms with van der Waals surface area (Å²) in [6, 6.07) is 17.4. The van der Waals surface area contributed by atoms with E-state index in [1.54, 1.807) is 30.3 Å². The molecule has 164 valence electrons. The van der Waals surface area contributed by atoms with Crippen molar-refractivity contribution in [2.75, 3.05) is 18.4 Å². The van der Waals surface area contributed by atoms with Gasteiger partial charge in [-0.05, 0) is 55.3 Å². The maximum Gasteiger partial charge on any atom is 0.291 e. The second-order valence-electron chi connectivity index (χ2n) is 7.60. The molecule has 0 saturated carbocycles. The average molecular weight is 468 g/mol. The summed E-state index contributed by atoms with van der Waals surface area (Å²) in [5, 5.41) is 3.43. The molecular weight excluding hydrogens is 446 g/mol. The summed E-state index contributed by atoms with van der Waals surface area (Å²) in [7, 11) is -3.58. The molecule has 1 N–H and O–H groups in total. The smallest absolute Gasteiger partial charge is 0.291 e. The number of furan rings is 1. The van der Waals surface area contributed by atoms with Gasteiger partial charge in [0.05, 0.1) is 15.1 Å². The van der Waals surface area contributed by atoms with Crippen LogP contribution in [0.15, 0.2) is 70.0 Å². The number of fused-ring (bicyclic) bond motifs is 1. The summed E-state index contributed by atoms with van der Waals surface area (Å²) in [5.41, 5.74) is 1.27. The minimum absolute atomic E-state index is 0.128. The fourth-order valence-corrected chi connectivity index (χ4v) is 6.22. The van der Waals surface area contributed by atoms with Gasteiger partial charge in [0.1, 0.15) is 0 Å². The van der Waals surface area contributed by atoms with Crippen molar-refractivity contribution in [2.45, 2.75) is 24.2 Å². The standard InChI is InChI=1S/C23H21N3O4S2/c27-22(19-11-12-20(30-19)23-25-18-9-2-3-10-21(18)31-23)24-16-7-6-8-17(15-16)32(28,29)26-13-4-1-5-14-26/h2-3,6-12,15H,1,4-5,13-14H2,(H,24,27). The van der Waals surface area contributed by atoms with Crippen LogP contribution in [0.1, 0.15) is 29.8 Å². The van der Waals surface area contributed by atoms with Crippen LogP contribution in [0.25, 0.3) is 21.0 Å². The largest absolute Gasteiger partial charge is 0.448 e. The first kappa shape index (κ1) is 20.9. The Balaban J connectivity index is 1.34. The van der Waals surface area contributed by atoms with Gasteiger partial charge in [0, 0.05) is 18.8 Å². The maximum atomic E-state index is 12.9. The molecule has 0 atom stereocenters. The van der Waals surface area contributed by atoms with Crippen LogP contribution in [0.3, 0.4) is 0 Å². The molecule has 0 radical (unpaired) electrons. The lowest BCUT2D eigenvalue weighted by atomic mass is 10.2. The van der Waals surface area contributed by atoms with Gasteiger partial charge in [-0.15, -0.1) is 11.3 Å². The molecule has 32 heavy (non-hydrogen) atoms. The second-order valence-corrected chi connectivity index (χ2v) is 10.6. The molecule has 9 heteroatoms. The molecule has 1 amide bonds. The third-order valence-corrected chi connectivity index (χ3v) is 8.32. The lowest BCUT2D eigenvalue weighted by Gasteiger charge is -2.26. The molecule has 7 nitrogen and oxygen atoms in total. The Hall–Kier alpha value is -3.01. The SMILES string of the molecule is O=C(Nc1cccc(S(=O)(=O)N2CCCCC2)c1)c1ccc(-c2nc3ccccc3s2)o1. The number of para-hydroxylation sites is 1. The average Bonchev–Trinajstić information content (AvgIpc) is 3.47. The van der Waals surface area contributed by atoms with Gasteiger partial charge in [-0.25, -0.2) is 13.4 Å². The van der Waals surface area contributed by atoms with Crippen molar-refractivity contribution in [1.29, 1.82) is 0 Å². The van der Waals surface area contributed by atoms with Crippen LogP contribution in [-0.2, 0) is 10.0 Å². The summed E-state index contributed by atoms with van der Waals surface area (Å²) < 4.78 is 34.1. The van der Waals surface area contributed by atoms with Crippen molar-refractivity contribution in [3.8, 4) is 10.8 Å². The molecule has 1 fully saturated rings. The highest BCUT2D eigenvalue weighted by molar-refractivity contribution is 7.89. The second kappa shape index (κ2) is 8.50. The Kier molecular flexibility index (Phi) is 5.54. The van der Waals surface area contributed by atoms with E-state index in [1.165, 1.54) is 21.7 Å². The van der Waals surface area contributed by atoms with E-state index in [4.69, 9.17) is 4.42 Å². The molecule has 2 aromatic carbocycles. The van der Waals surface area contributed by atoms with E-state index in [-0.39, 0.29) is 10.7 Å². The van der Waals surface area contributed by atoms with Crippen molar-refractivity contribution in [3.63, 3.8) is 0 Å². The summed E-state index contributed by atoms with van der Waals surface area (Å²) in [5.74, 6) is 0.186. The summed E-state index contributed by atoms with van der Waals surface area (Å²) in [4.78, 5) is 17.4. The van der Waals surface area contributed by atoms with Gasteiger partial charge < -0.3 is 9.73 Å². The van der Waals surface area contributed by atoms with Crippen LogP contribution in [0.4, 0.5) is 5.69 Å². The Bertz CT molecular complexity index is 1350. The number of sulfonamides is 1. The molecular formula is C23H21N3O4S2. The van der Waals surface area contributed by atoms with E-state index in [1.807, 2.05) is 24.3 Å². The molecule has 1 aliphatic rings. The van der Waals surface area contributed by atoms with E-state index < -0.39 is 15.9 Å². The van der Waals surface area contributed by atoms with Gasteiger partial charge in [0.2, 0.25) is 10.0 Å². The van der Waals surface area contributed by atoms with Gasteiger partial charge in [-0.3, -0.25) is 4.79 Å². The summed E-state index contributed by atoms with van der Waals surface area (Å²) >= 11 is 1.49. The normalized spacial score (nSPS) is 15.1. The Morgan fingerprint density at radius 1 is 1.00 bits per heavy atom. The number of hydrogen-bond donors (Lipinski definition) is 1. The van der Waals surface area contributed by atoms with E-state index in [2.05, 4.69) is 10.3 Å². The van der Waals surface area contributed by atoms with Crippen LogP contribution in [0.5, 0.6) is 0 Å². The maximum absolute atomic E-state index is 12.9. The van der Waals surface area contributed by atoms with Crippen molar-refractivity contribution in [1.82, 2.24) is 9.29 Å². The Morgan fingerprint density at radius 2 is 1.81 bits per heavy atom. The van der Waals surface area contributed by atoms with Crippen LogP contribution >= 0.6 is 11.3 Å². The number of anilines is 1. The predicted octanol–water partition coefficient (Wildman–Crippen LogP) is 4.98. The van der Waals surface area contributed by atoms with E-state index >= 15 is 0 Å². The molecule has 0 unspecified atom stereocenters. The number of carbonyl (C=O) groups excluding carboxylic acids is 1. The number of hydrogen-bond acceptors (Lipinski definition) is 6. The highest BCUT2D eigenvalue weighted by Gasteiger charge is 2.26. The van der Waals surface area contributed by atoms with Gasteiger partial charge in [0.15, 0.2) is 16.5 Å². The quantitative estimate of drug-likeness (QED) is 0.447. The monoisotopic (exact) mass is 467 g/mol. The molecule has 0 spiro atoms. The number of nitrogens with zero attached hydrogens (tertiary/aromatic N) is 2. The van der Waals surface area contributed by atoms with Crippen LogP contribution in [0, 0.1) is 0 Å². The minimum atomic E-state index is -3.58. The van der Waals surface area contributed by atoms with Gasteiger partial charge in [0.25, 0.3) is 5.91 Å². The number of piperidine rings is 1. The lowest BCUT2D eigenvalue weighted by molar-refractivity contribution is 0.0997. The van der Waals surface area contributed by atoms with E-state index in [9.17, 15) is 13.2 Å². The van der Waals surface area contributed by atoms with E-state index in [0.717, 1.165) is 29.5 Å². The van der Waals surface area contributed by atoms with Crippen molar-refractivity contribution < 1.29 is 17.6 Å². The Labute approximate surface area is 189 Å². The van der Waals surface area contributed by atoms with E-state index in [0.29, 0.717) is 29.5 Å². The van der Waals surface area contributed by atoms with Crippen molar-refractivity contribution >= 4 is 43.2 Å². The minimum Gasteiger partial charge on any atom is -0.448 e. The molecule has 0 aliphatic carbocycles. The molecule has 4 aromatic rings. The molecule has 0 bridgehead atoms. The number of benzene rings is 2. The fourth-order valence-electron chi connectivity index (χ4n) is 3.73. The third-order valence-electron chi connectivity index (χ3n) is 5.38. The number of nitrogens with one attached hydrogen (secondary N) is 1. The first-order chi connectivity index (χ1) is 15.5. The third kappa shape index (κ3) is 4.06. The molecule has 1 aliphatic heterocycles.